The van der Waals surface area contributed by atoms with Crippen molar-refractivity contribution in [2.24, 2.45) is 0 Å². The van der Waals surface area contributed by atoms with E-state index in [-0.39, 0.29) is 29.7 Å². The molecule has 3 atom stereocenters. The SMILES string of the molecule is COc1ccc2c(c1)C1(C)CCN(C)[C@H](C2)[C@@H]1N(C)CC(=O)Nc1nc2ccc(F)cc2s1. The molecule has 8 heteroatoms. The lowest BCUT2D eigenvalue weighted by molar-refractivity contribution is -0.118. The highest BCUT2D eigenvalue weighted by molar-refractivity contribution is 7.22. The standard InChI is InChI=1S/C25H29FN4O2S/c1-25-9-10-29(2)20(11-15-5-7-17(32-4)13-18(15)25)23(25)30(3)14-22(31)28-24-27-19-8-6-16(26)12-21(19)33-24/h5-8,12-13,20,23H,9-11,14H2,1-4H3,(H,27,28,31)/t20-,23+,25?/m1/s1. The zero-order valence-electron chi connectivity index (χ0n) is 19.4. The Morgan fingerprint density at radius 1 is 1.36 bits per heavy atom. The monoisotopic (exact) mass is 468 g/mol. The first-order chi connectivity index (χ1) is 15.8. The minimum absolute atomic E-state index is 0.0816. The van der Waals surface area contributed by atoms with Gasteiger partial charge in [-0.15, -0.1) is 0 Å². The lowest BCUT2D eigenvalue weighted by atomic mass is 9.61. The van der Waals surface area contributed by atoms with Crippen molar-refractivity contribution in [2.75, 3.05) is 39.6 Å². The van der Waals surface area contributed by atoms with E-state index >= 15 is 0 Å². The highest BCUT2D eigenvalue weighted by Crippen LogP contribution is 2.47. The Morgan fingerprint density at radius 2 is 2.18 bits per heavy atom. The fourth-order valence-electron chi connectivity index (χ4n) is 5.78. The molecule has 174 valence electrons. The number of ether oxygens (including phenoxy) is 1. The second kappa shape index (κ2) is 8.34. The molecule has 1 aromatic heterocycles. The smallest absolute Gasteiger partial charge is 0.240 e. The number of thiazole rings is 1. The van der Waals surface area contributed by atoms with Crippen LogP contribution in [0.4, 0.5) is 9.52 Å². The summed E-state index contributed by atoms with van der Waals surface area (Å²) >= 11 is 1.29. The summed E-state index contributed by atoms with van der Waals surface area (Å²) in [5, 5.41) is 3.41. The number of hydrogen-bond acceptors (Lipinski definition) is 6. The molecule has 0 radical (unpaired) electrons. The highest BCUT2D eigenvalue weighted by Gasteiger charge is 2.51. The van der Waals surface area contributed by atoms with Crippen LogP contribution in [0.5, 0.6) is 5.75 Å². The third-order valence-electron chi connectivity index (χ3n) is 7.39. The minimum atomic E-state index is -0.304. The molecule has 1 saturated heterocycles. The Morgan fingerprint density at radius 3 is 2.97 bits per heavy atom. The fourth-order valence-corrected chi connectivity index (χ4v) is 6.69. The number of nitrogens with one attached hydrogen (secondary N) is 1. The lowest BCUT2D eigenvalue weighted by Crippen LogP contribution is -2.67. The number of methoxy groups -OCH3 is 1. The van der Waals surface area contributed by atoms with Crippen LogP contribution < -0.4 is 10.1 Å². The largest absolute Gasteiger partial charge is 0.497 e. The van der Waals surface area contributed by atoms with Gasteiger partial charge in [-0.1, -0.05) is 24.3 Å². The maximum absolute atomic E-state index is 13.5. The van der Waals surface area contributed by atoms with Gasteiger partial charge in [0.25, 0.3) is 0 Å². The first-order valence-electron chi connectivity index (χ1n) is 11.2. The summed E-state index contributed by atoms with van der Waals surface area (Å²) in [6, 6.07) is 11.4. The Balaban J connectivity index is 1.38. The van der Waals surface area contributed by atoms with Gasteiger partial charge in [0.2, 0.25) is 5.91 Å². The van der Waals surface area contributed by atoms with Crippen LogP contribution >= 0.6 is 11.3 Å². The third kappa shape index (κ3) is 3.90. The maximum Gasteiger partial charge on any atom is 0.240 e. The molecule has 1 aliphatic heterocycles. The topological polar surface area (TPSA) is 57.7 Å². The van der Waals surface area contributed by atoms with E-state index in [1.807, 2.05) is 13.1 Å². The number of carbonyl (C=O) groups is 1. The quantitative estimate of drug-likeness (QED) is 0.616. The molecule has 1 aliphatic carbocycles. The Bertz CT molecular complexity index is 1210. The van der Waals surface area contributed by atoms with Crippen LogP contribution in [-0.2, 0) is 16.6 Å². The van der Waals surface area contributed by atoms with Gasteiger partial charge in [0.15, 0.2) is 5.13 Å². The van der Waals surface area contributed by atoms with Crippen LogP contribution in [0.1, 0.15) is 24.5 Å². The zero-order valence-corrected chi connectivity index (χ0v) is 20.2. The average Bonchev–Trinajstić information content (AvgIpc) is 3.17. The van der Waals surface area contributed by atoms with Crippen molar-refractivity contribution in [3.63, 3.8) is 0 Å². The van der Waals surface area contributed by atoms with E-state index in [1.165, 1.54) is 34.6 Å². The van der Waals surface area contributed by atoms with E-state index in [4.69, 9.17) is 4.74 Å². The van der Waals surface area contributed by atoms with Gasteiger partial charge in [-0.3, -0.25) is 9.69 Å². The summed E-state index contributed by atoms with van der Waals surface area (Å²) in [6.07, 6.45) is 1.96. The number of amides is 1. The third-order valence-corrected chi connectivity index (χ3v) is 8.33. The molecule has 2 aliphatic rings. The number of aromatic nitrogens is 1. The van der Waals surface area contributed by atoms with Gasteiger partial charge in [-0.2, -0.15) is 0 Å². The molecule has 2 bridgehead atoms. The Hall–Kier alpha value is -2.55. The minimum Gasteiger partial charge on any atom is -0.497 e. The molecule has 1 unspecified atom stereocenters. The molecule has 2 aromatic carbocycles. The van der Waals surface area contributed by atoms with E-state index < -0.39 is 0 Å². The number of piperidine rings is 1. The second-order valence-corrected chi connectivity index (χ2v) is 10.5. The van der Waals surface area contributed by atoms with Gasteiger partial charge < -0.3 is 15.0 Å². The van der Waals surface area contributed by atoms with Crippen molar-refractivity contribution in [3.8, 4) is 5.75 Å². The number of nitrogens with zero attached hydrogens (tertiary/aromatic N) is 3. The average molecular weight is 469 g/mol. The number of likely N-dealkylation sites (N-methyl/N-ethyl adjacent to an activating group) is 2. The number of rotatable bonds is 5. The van der Waals surface area contributed by atoms with Gasteiger partial charge >= 0.3 is 0 Å². The van der Waals surface area contributed by atoms with Crippen LogP contribution in [0.3, 0.4) is 0 Å². The van der Waals surface area contributed by atoms with Crippen LogP contribution in [-0.4, -0.2) is 67.1 Å². The van der Waals surface area contributed by atoms with Gasteiger partial charge in [-0.25, -0.2) is 9.37 Å². The second-order valence-electron chi connectivity index (χ2n) is 9.48. The summed E-state index contributed by atoms with van der Waals surface area (Å²) in [4.78, 5) is 22.0. The molecule has 33 heavy (non-hydrogen) atoms. The molecule has 1 fully saturated rings. The molecule has 1 amide bonds. The predicted octanol–water partition coefficient (Wildman–Crippen LogP) is 3.90. The molecule has 1 N–H and O–H groups in total. The molecule has 2 heterocycles. The first-order valence-corrected chi connectivity index (χ1v) is 12.0. The van der Waals surface area contributed by atoms with Gasteiger partial charge in [0.05, 0.1) is 23.9 Å². The summed E-state index contributed by atoms with van der Waals surface area (Å²) in [5.74, 6) is 0.457. The number of anilines is 1. The maximum atomic E-state index is 13.5. The molecule has 0 spiro atoms. The molecule has 5 rings (SSSR count). The van der Waals surface area contributed by atoms with Crippen molar-refractivity contribution in [3.05, 3.63) is 53.3 Å². The zero-order chi connectivity index (χ0) is 23.3. The van der Waals surface area contributed by atoms with E-state index in [0.717, 1.165) is 29.8 Å². The first kappa shape index (κ1) is 22.3. The van der Waals surface area contributed by atoms with Gasteiger partial charge in [-0.05, 0) is 74.9 Å². The Kier molecular flexibility index (Phi) is 5.63. The summed E-state index contributed by atoms with van der Waals surface area (Å²) in [6.45, 7) is 3.61. The predicted molar refractivity (Wildman–Crippen MR) is 130 cm³/mol. The van der Waals surface area contributed by atoms with Gasteiger partial charge in [0.1, 0.15) is 11.6 Å². The number of halogens is 1. The Labute approximate surface area is 197 Å². The van der Waals surface area contributed by atoms with E-state index in [2.05, 4.69) is 46.2 Å². The molecule has 0 saturated carbocycles. The number of benzene rings is 2. The van der Waals surface area contributed by atoms with Crippen molar-refractivity contribution < 1.29 is 13.9 Å². The van der Waals surface area contributed by atoms with Crippen molar-refractivity contribution in [1.29, 1.82) is 0 Å². The lowest BCUT2D eigenvalue weighted by Gasteiger charge is -2.57. The highest BCUT2D eigenvalue weighted by atomic mass is 32.1. The normalized spacial score (nSPS) is 24.7. The summed E-state index contributed by atoms with van der Waals surface area (Å²) < 4.78 is 19.7. The van der Waals surface area contributed by atoms with Gasteiger partial charge in [0, 0.05) is 17.5 Å². The van der Waals surface area contributed by atoms with E-state index in [0.29, 0.717) is 16.7 Å². The van der Waals surface area contributed by atoms with Crippen molar-refractivity contribution >= 4 is 32.6 Å². The van der Waals surface area contributed by atoms with E-state index in [9.17, 15) is 9.18 Å². The number of likely N-dealkylation sites (tertiary alicyclic amines) is 1. The molecule has 6 nitrogen and oxygen atoms in total. The molecule has 3 aromatic rings. The van der Waals surface area contributed by atoms with Crippen LogP contribution in [0.2, 0.25) is 0 Å². The summed E-state index contributed by atoms with van der Waals surface area (Å²) in [5.41, 5.74) is 3.30. The molecular formula is C25H29FN4O2S. The van der Waals surface area contributed by atoms with Crippen LogP contribution in [0.25, 0.3) is 10.2 Å². The van der Waals surface area contributed by atoms with Crippen molar-refractivity contribution in [2.45, 2.75) is 37.3 Å². The number of fused-ring (bicyclic) bond motifs is 5. The van der Waals surface area contributed by atoms with Crippen LogP contribution in [0, 0.1) is 5.82 Å². The number of carbonyl (C=O) groups excluding carboxylic acids is 1. The van der Waals surface area contributed by atoms with E-state index in [1.54, 1.807) is 13.2 Å². The molecular weight excluding hydrogens is 439 g/mol. The number of hydrogen-bond donors (Lipinski definition) is 1. The van der Waals surface area contributed by atoms with Crippen LogP contribution in [0.15, 0.2) is 36.4 Å². The fraction of sp³-hybridized carbons (Fsp3) is 0.440. The van der Waals surface area contributed by atoms with Crippen molar-refractivity contribution in [1.82, 2.24) is 14.8 Å². The summed E-state index contributed by atoms with van der Waals surface area (Å²) in [7, 11) is 5.92.